The van der Waals surface area contributed by atoms with Crippen LogP contribution in [0.5, 0.6) is 0 Å². The second kappa shape index (κ2) is 5.43. The number of benzene rings is 1. The molecule has 0 fully saturated rings. The fourth-order valence-electron chi connectivity index (χ4n) is 1.39. The molecule has 2 rings (SSSR count). The number of hydrogen-bond acceptors (Lipinski definition) is 5. The molecule has 1 aromatic carbocycles. The molecule has 0 amide bonds. The van der Waals surface area contributed by atoms with Crippen LogP contribution in [0.25, 0.3) is 0 Å². The molecule has 1 N–H and O–H groups in total. The summed E-state index contributed by atoms with van der Waals surface area (Å²) in [5, 5.41) is 10.7. The number of nitrogens with zero attached hydrogens (tertiary/aromatic N) is 2. The Morgan fingerprint density at radius 1 is 1.20 bits per heavy atom. The van der Waals surface area contributed by atoms with Crippen molar-refractivity contribution in [3.05, 3.63) is 57.7 Å². The minimum absolute atomic E-state index is 0.00693. The molecule has 0 atom stereocenters. The number of non-ortho nitro benzene ring substituents is 1. The van der Waals surface area contributed by atoms with Gasteiger partial charge < -0.3 is 0 Å². The largest absolute Gasteiger partial charge is 0.269 e. The maximum atomic E-state index is 12.1. The summed E-state index contributed by atoms with van der Waals surface area (Å²) in [6.07, 6.45) is 1.39. The lowest BCUT2D eigenvalue weighted by Gasteiger charge is -2.08. The van der Waals surface area contributed by atoms with Gasteiger partial charge in [-0.3, -0.25) is 14.8 Å². The molecule has 0 aliphatic rings. The Kier molecular flexibility index (Phi) is 3.86. The first-order chi connectivity index (χ1) is 9.40. The number of anilines is 1. The molecule has 0 saturated heterocycles. The number of nitro benzene ring substituents is 1. The third-order valence-electron chi connectivity index (χ3n) is 2.35. The van der Waals surface area contributed by atoms with E-state index >= 15 is 0 Å². The molecular formula is C11H8ClN3O4S. The summed E-state index contributed by atoms with van der Waals surface area (Å²) in [5.74, 6) is -0.00693. The zero-order valence-corrected chi connectivity index (χ0v) is 11.4. The van der Waals surface area contributed by atoms with Crippen molar-refractivity contribution in [1.29, 1.82) is 0 Å². The van der Waals surface area contributed by atoms with Gasteiger partial charge in [0.25, 0.3) is 15.7 Å². The van der Waals surface area contributed by atoms with Gasteiger partial charge >= 0.3 is 0 Å². The Morgan fingerprint density at radius 3 is 2.40 bits per heavy atom. The van der Waals surface area contributed by atoms with E-state index in [4.69, 9.17) is 11.6 Å². The lowest BCUT2D eigenvalue weighted by Crippen LogP contribution is -2.14. The Hall–Kier alpha value is -2.19. The molecule has 7 nitrogen and oxygen atoms in total. The Labute approximate surface area is 119 Å². The molecule has 9 heteroatoms. The van der Waals surface area contributed by atoms with Crippen molar-refractivity contribution in [2.45, 2.75) is 4.90 Å². The average Bonchev–Trinajstić information content (AvgIpc) is 2.41. The first-order valence-electron chi connectivity index (χ1n) is 5.28. The molecule has 0 aliphatic heterocycles. The first kappa shape index (κ1) is 14.2. The fourth-order valence-corrected chi connectivity index (χ4v) is 2.65. The molecule has 104 valence electrons. The second-order valence-electron chi connectivity index (χ2n) is 3.69. The van der Waals surface area contributed by atoms with Gasteiger partial charge in [-0.2, -0.15) is 0 Å². The molecule has 0 radical (unpaired) electrons. The van der Waals surface area contributed by atoms with Crippen molar-refractivity contribution in [1.82, 2.24) is 4.98 Å². The predicted molar refractivity (Wildman–Crippen MR) is 73.2 cm³/mol. The number of hydrogen-bond donors (Lipinski definition) is 1. The summed E-state index contributed by atoms with van der Waals surface area (Å²) in [6, 6.07) is 7.53. The maximum Gasteiger partial charge on any atom is 0.269 e. The Bertz CT molecular complexity index is 747. The molecule has 0 unspecified atom stereocenters. The SMILES string of the molecule is O=[N+]([O-])c1ccc(S(=O)(=O)Nc2ncccc2Cl)cc1. The van der Waals surface area contributed by atoms with Crippen LogP contribution in [0.4, 0.5) is 11.5 Å². The predicted octanol–water partition coefficient (Wildman–Crippen LogP) is 2.44. The van der Waals surface area contributed by atoms with Crippen LogP contribution in [0.15, 0.2) is 47.5 Å². The van der Waals surface area contributed by atoms with Crippen molar-refractivity contribution in [3.63, 3.8) is 0 Å². The molecule has 1 heterocycles. The van der Waals surface area contributed by atoms with Crippen LogP contribution >= 0.6 is 11.6 Å². The van der Waals surface area contributed by atoms with Gasteiger partial charge in [-0.25, -0.2) is 13.4 Å². The number of rotatable bonds is 4. The van der Waals surface area contributed by atoms with Gasteiger partial charge in [-0.1, -0.05) is 11.6 Å². The number of sulfonamides is 1. The van der Waals surface area contributed by atoms with Crippen LogP contribution in [-0.4, -0.2) is 18.3 Å². The van der Waals surface area contributed by atoms with E-state index in [2.05, 4.69) is 9.71 Å². The van der Waals surface area contributed by atoms with Crippen LogP contribution in [-0.2, 0) is 10.0 Å². The van der Waals surface area contributed by atoms with Crippen LogP contribution in [0.2, 0.25) is 5.02 Å². The zero-order chi connectivity index (χ0) is 14.8. The van der Waals surface area contributed by atoms with Crippen LogP contribution in [0.3, 0.4) is 0 Å². The van der Waals surface area contributed by atoms with E-state index in [1.54, 1.807) is 6.07 Å². The zero-order valence-electron chi connectivity index (χ0n) is 9.86. The lowest BCUT2D eigenvalue weighted by atomic mass is 10.3. The third-order valence-corrected chi connectivity index (χ3v) is 4.01. The van der Waals surface area contributed by atoms with E-state index < -0.39 is 14.9 Å². The van der Waals surface area contributed by atoms with Crippen molar-refractivity contribution in [3.8, 4) is 0 Å². The highest BCUT2D eigenvalue weighted by Crippen LogP contribution is 2.22. The average molecular weight is 314 g/mol. The Morgan fingerprint density at radius 2 is 1.85 bits per heavy atom. The highest BCUT2D eigenvalue weighted by atomic mass is 35.5. The molecule has 1 aromatic heterocycles. The molecule has 0 saturated carbocycles. The van der Waals surface area contributed by atoms with Crippen molar-refractivity contribution < 1.29 is 13.3 Å². The number of halogens is 1. The fraction of sp³-hybridized carbons (Fsp3) is 0. The molecule has 2 aromatic rings. The van der Waals surface area contributed by atoms with Crippen LogP contribution < -0.4 is 4.72 Å². The van der Waals surface area contributed by atoms with E-state index in [-0.39, 0.29) is 21.4 Å². The van der Waals surface area contributed by atoms with Gasteiger partial charge in [0.05, 0.1) is 14.8 Å². The maximum absolute atomic E-state index is 12.1. The van der Waals surface area contributed by atoms with E-state index in [1.807, 2.05) is 0 Å². The van der Waals surface area contributed by atoms with Gasteiger partial charge in [0.1, 0.15) is 0 Å². The molecule has 0 bridgehead atoms. The van der Waals surface area contributed by atoms with E-state index in [0.717, 1.165) is 24.3 Å². The minimum atomic E-state index is -3.90. The first-order valence-corrected chi connectivity index (χ1v) is 7.14. The standard InChI is InChI=1S/C11H8ClN3O4S/c12-10-2-1-7-13-11(10)14-20(18,19)9-5-3-8(4-6-9)15(16)17/h1-7H,(H,13,14). The Balaban J connectivity index is 2.31. The highest BCUT2D eigenvalue weighted by molar-refractivity contribution is 7.92. The van der Waals surface area contributed by atoms with Crippen molar-refractivity contribution in [2.75, 3.05) is 4.72 Å². The third kappa shape index (κ3) is 3.03. The summed E-state index contributed by atoms with van der Waals surface area (Å²) >= 11 is 5.81. The quantitative estimate of drug-likeness (QED) is 0.690. The van der Waals surface area contributed by atoms with Gasteiger partial charge in [0, 0.05) is 18.3 Å². The molecule has 0 aliphatic carbocycles. The highest BCUT2D eigenvalue weighted by Gasteiger charge is 2.17. The minimum Gasteiger partial charge on any atom is -0.262 e. The second-order valence-corrected chi connectivity index (χ2v) is 5.78. The monoisotopic (exact) mass is 313 g/mol. The molecule has 20 heavy (non-hydrogen) atoms. The molecular weight excluding hydrogens is 306 g/mol. The number of pyridine rings is 1. The lowest BCUT2D eigenvalue weighted by molar-refractivity contribution is -0.384. The summed E-state index contributed by atoms with van der Waals surface area (Å²) in [4.78, 5) is 13.6. The number of nitrogens with one attached hydrogen (secondary N) is 1. The molecule has 0 spiro atoms. The smallest absolute Gasteiger partial charge is 0.262 e. The summed E-state index contributed by atoms with van der Waals surface area (Å²) < 4.78 is 26.3. The van der Waals surface area contributed by atoms with Gasteiger partial charge in [-0.05, 0) is 24.3 Å². The van der Waals surface area contributed by atoms with Gasteiger partial charge in [-0.15, -0.1) is 0 Å². The van der Waals surface area contributed by atoms with Crippen LogP contribution in [0, 0.1) is 10.1 Å². The van der Waals surface area contributed by atoms with E-state index in [1.165, 1.54) is 12.3 Å². The number of nitro groups is 1. The van der Waals surface area contributed by atoms with E-state index in [9.17, 15) is 18.5 Å². The van der Waals surface area contributed by atoms with Crippen molar-refractivity contribution in [2.24, 2.45) is 0 Å². The normalized spacial score (nSPS) is 11.1. The van der Waals surface area contributed by atoms with Gasteiger partial charge in [0.2, 0.25) is 0 Å². The number of aromatic nitrogens is 1. The van der Waals surface area contributed by atoms with Crippen molar-refractivity contribution >= 4 is 33.1 Å². The summed E-state index contributed by atoms with van der Waals surface area (Å²) in [5.41, 5.74) is -0.195. The summed E-state index contributed by atoms with van der Waals surface area (Å²) in [6.45, 7) is 0. The van der Waals surface area contributed by atoms with Crippen LogP contribution in [0.1, 0.15) is 0 Å². The van der Waals surface area contributed by atoms with E-state index in [0.29, 0.717) is 0 Å². The van der Waals surface area contributed by atoms with Gasteiger partial charge in [0.15, 0.2) is 5.82 Å². The summed E-state index contributed by atoms with van der Waals surface area (Å²) in [7, 11) is -3.90. The topological polar surface area (TPSA) is 102 Å².